The van der Waals surface area contributed by atoms with Crippen molar-refractivity contribution in [1.82, 2.24) is 10.3 Å². The number of thiazole rings is 1. The second kappa shape index (κ2) is 7.22. The number of aryl methyl sites for hydroxylation is 1. The van der Waals surface area contributed by atoms with Crippen molar-refractivity contribution in [2.75, 3.05) is 24.5 Å². The highest BCUT2D eigenvalue weighted by Gasteiger charge is 2.21. The summed E-state index contributed by atoms with van der Waals surface area (Å²) in [7, 11) is 0. The third-order valence-corrected chi connectivity index (χ3v) is 5.04. The number of piperidine rings is 1. The van der Waals surface area contributed by atoms with E-state index in [1.165, 1.54) is 5.56 Å². The van der Waals surface area contributed by atoms with Gasteiger partial charge in [0.25, 0.3) is 0 Å². The van der Waals surface area contributed by atoms with Crippen molar-refractivity contribution in [2.24, 2.45) is 0 Å². The average molecular weight is 317 g/mol. The van der Waals surface area contributed by atoms with Gasteiger partial charge in [0.1, 0.15) is 0 Å². The van der Waals surface area contributed by atoms with E-state index in [2.05, 4.69) is 34.3 Å². The lowest BCUT2D eigenvalue weighted by Gasteiger charge is -2.32. The molecular weight excluding hydrogens is 294 g/mol. The standard InChI is InChI=1S/C17H23N3OS/c1-13-3-2-4-14(11-13)16(21)12-19-15-5-8-20(9-6-15)17-18-7-10-22-17/h2-4,7,10-11,15-16,19,21H,5-6,8-9,12H2,1H3. The number of hydrogen-bond donors (Lipinski definition) is 2. The molecule has 22 heavy (non-hydrogen) atoms. The van der Waals surface area contributed by atoms with Crippen LogP contribution in [0.15, 0.2) is 35.8 Å². The molecule has 2 N–H and O–H groups in total. The maximum Gasteiger partial charge on any atom is 0.185 e. The van der Waals surface area contributed by atoms with Crippen LogP contribution in [0.4, 0.5) is 5.13 Å². The van der Waals surface area contributed by atoms with Crippen LogP contribution in [0.1, 0.15) is 30.1 Å². The van der Waals surface area contributed by atoms with Crippen LogP contribution in [0.3, 0.4) is 0 Å². The van der Waals surface area contributed by atoms with E-state index in [0.29, 0.717) is 12.6 Å². The van der Waals surface area contributed by atoms with Gasteiger partial charge in [-0.1, -0.05) is 29.8 Å². The largest absolute Gasteiger partial charge is 0.387 e. The molecular formula is C17H23N3OS. The van der Waals surface area contributed by atoms with Gasteiger partial charge in [0.2, 0.25) is 0 Å². The summed E-state index contributed by atoms with van der Waals surface area (Å²) in [5.41, 5.74) is 2.18. The summed E-state index contributed by atoms with van der Waals surface area (Å²) in [6.45, 7) is 4.74. The molecule has 1 aromatic heterocycles. The van der Waals surface area contributed by atoms with Crippen LogP contribution in [0.2, 0.25) is 0 Å². The molecule has 3 rings (SSSR count). The first kappa shape index (κ1) is 15.5. The number of aliphatic hydroxyl groups is 1. The predicted molar refractivity (Wildman–Crippen MR) is 91.5 cm³/mol. The molecule has 1 saturated heterocycles. The zero-order valence-electron chi connectivity index (χ0n) is 12.9. The van der Waals surface area contributed by atoms with Gasteiger partial charge >= 0.3 is 0 Å². The van der Waals surface area contributed by atoms with Crippen molar-refractivity contribution < 1.29 is 5.11 Å². The van der Waals surface area contributed by atoms with E-state index in [9.17, 15) is 5.11 Å². The maximum atomic E-state index is 10.3. The normalized spacial score (nSPS) is 17.6. The van der Waals surface area contributed by atoms with Crippen LogP contribution in [0, 0.1) is 6.92 Å². The summed E-state index contributed by atoms with van der Waals surface area (Å²) in [6, 6.07) is 8.58. The van der Waals surface area contributed by atoms with Crippen LogP contribution in [0.5, 0.6) is 0 Å². The summed E-state index contributed by atoms with van der Waals surface area (Å²) >= 11 is 1.70. The third-order valence-electron chi connectivity index (χ3n) is 4.21. The van der Waals surface area contributed by atoms with Gasteiger partial charge in [-0.2, -0.15) is 0 Å². The Morgan fingerprint density at radius 1 is 1.41 bits per heavy atom. The molecule has 0 radical (unpaired) electrons. The van der Waals surface area contributed by atoms with Gasteiger partial charge in [-0.15, -0.1) is 11.3 Å². The molecule has 2 heterocycles. The van der Waals surface area contributed by atoms with Crippen LogP contribution in [-0.4, -0.2) is 35.8 Å². The van der Waals surface area contributed by atoms with Crippen molar-refractivity contribution in [3.05, 3.63) is 47.0 Å². The van der Waals surface area contributed by atoms with Gasteiger partial charge in [0.15, 0.2) is 5.13 Å². The molecule has 0 aliphatic carbocycles. The molecule has 0 spiro atoms. The van der Waals surface area contributed by atoms with Crippen LogP contribution in [0.25, 0.3) is 0 Å². The quantitative estimate of drug-likeness (QED) is 0.890. The molecule has 0 bridgehead atoms. The molecule has 2 aromatic rings. The lowest BCUT2D eigenvalue weighted by Crippen LogP contribution is -2.43. The summed E-state index contributed by atoms with van der Waals surface area (Å²) in [4.78, 5) is 6.72. The Kier molecular flexibility index (Phi) is 5.08. The van der Waals surface area contributed by atoms with Gasteiger partial charge in [0, 0.05) is 37.3 Å². The lowest BCUT2D eigenvalue weighted by molar-refractivity contribution is 0.167. The van der Waals surface area contributed by atoms with Gasteiger partial charge in [-0.25, -0.2) is 4.98 Å². The molecule has 1 aromatic carbocycles. The predicted octanol–water partition coefficient (Wildman–Crippen LogP) is 2.74. The SMILES string of the molecule is Cc1cccc(C(O)CNC2CCN(c3nccs3)CC2)c1. The fraction of sp³-hybridized carbons (Fsp3) is 0.471. The smallest absolute Gasteiger partial charge is 0.185 e. The van der Waals surface area contributed by atoms with Crippen molar-refractivity contribution in [2.45, 2.75) is 31.9 Å². The first-order chi connectivity index (χ1) is 10.7. The number of aromatic nitrogens is 1. The molecule has 4 nitrogen and oxygen atoms in total. The van der Waals surface area contributed by atoms with E-state index in [4.69, 9.17) is 0 Å². The molecule has 5 heteroatoms. The Hall–Kier alpha value is -1.43. The van der Waals surface area contributed by atoms with Crippen LogP contribution in [-0.2, 0) is 0 Å². The van der Waals surface area contributed by atoms with Crippen LogP contribution < -0.4 is 10.2 Å². The van der Waals surface area contributed by atoms with Gasteiger partial charge in [-0.3, -0.25) is 0 Å². The monoisotopic (exact) mass is 317 g/mol. The van der Waals surface area contributed by atoms with E-state index in [1.807, 2.05) is 23.7 Å². The highest BCUT2D eigenvalue weighted by molar-refractivity contribution is 7.13. The second-order valence-electron chi connectivity index (χ2n) is 5.91. The second-order valence-corrected chi connectivity index (χ2v) is 6.79. The van der Waals surface area contributed by atoms with E-state index in [0.717, 1.165) is 36.6 Å². The highest BCUT2D eigenvalue weighted by atomic mass is 32.1. The Labute approximate surface area is 135 Å². The zero-order chi connectivity index (χ0) is 15.4. The van der Waals surface area contributed by atoms with E-state index in [1.54, 1.807) is 11.3 Å². The molecule has 0 saturated carbocycles. The topological polar surface area (TPSA) is 48.4 Å². The summed E-state index contributed by atoms with van der Waals surface area (Å²) < 4.78 is 0. The molecule has 0 amide bonds. The number of nitrogens with one attached hydrogen (secondary N) is 1. The fourth-order valence-electron chi connectivity index (χ4n) is 2.92. The van der Waals surface area contributed by atoms with Crippen molar-refractivity contribution in [1.29, 1.82) is 0 Å². The molecule has 118 valence electrons. The molecule has 1 atom stereocenters. The van der Waals surface area contributed by atoms with Gasteiger partial charge in [-0.05, 0) is 25.3 Å². The summed E-state index contributed by atoms with van der Waals surface area (Å²) in [6.07, 6.45) is 3.62. The van der Waals surface area contributed by atoms with Crippen molar-refractivity contribution in [3.63, 3.8) is 0 Å². The molecule has 1 unspecified atom stereocenters. The number of nitrogens with zero attached hydrogens (tertiary/aromatic N) is 2. The highest BCUT2D eigenvalue weighted by Crippen LogP contribution is 2.22. The minimum absolute atomic E-state index is 0.433. The van der Waals surface area contributed by atoms with E-state index >= 15 is 0 Å². The number of aliphatic hydroxyl groups excluding tert-OH is 1. The first-order valence-corrected chi connectivity index (χ1v) is 8.73. The van der Waals surface area contributed by atoms with E-state index < -0.39 is 6.10 Å². The van der Waals surface area contributed by atoms with Crippen molar-refractivity contribution >= 4 is 16.5 Å². The van der Waals surface area contributed by atoms with Gasteiger partial charge < -0.3 is 15.3 Å². The molecule has 1 aliphatic rings. The fourth-order valence-corrected chi connectivity index (χ4v) is 3.62. The average Bonchev–Trinajstić information content (AvgIpc) is 3.07. The molecule has 1 aliphatic heterocycles. The Morgan fingerprint density at radius 3 is 2.91 bits per heavy atom. The zero-order valence-corrected chi connectivity index (χ0v) is 13.7. The Balaban J connectivity index is 1.45. The number of anilines is 1. The minimum Gasteiger partial charge on any atom is -0.387 e. The molecule has 1 fully saturated rings. The Morgan fingerprint density at radius 2 is 2.23 bits per heavy atom. The van der Waals surface area contributed by atoms with Gasteiger partial charge in [0.05, 0.1) is 6.10 Å². The Bertz CT molecular complexity index is 579. The summed E-state index contributed by atoms with van der Waals surface area (Å²) in [5.74, 6) is 0. The van der Waals surface area contributed by atoms with Crippen molar-refractivity contribution in [3.8, 4) is 0 Å². The maximum absolute atomic E-state index is 10.3. The minimum atomic E-state index is -0.433. The summed E-state index contributed by atoms with van der Waals surface area (Å²) in [5, 5.41) is 17.0. The van der Waals surface area contributed by atoms with Crippen LogP contribution >= 0.6 is 11.3 Å². The first-order valence-electron chi connectivity index (χ1n) is 7.85. The number of benzene rings is 1. The number of rotatable bonds is 5. The van der Waals surface area contributed by atoms with E-state index in [-0.39, 0.29) is 0 Å². The third kappa shape index (κ3) is 3.85. The lowest BCUT2D eigenvalue weighted by atomic mass is 10.0. The number of hydrogen-bond acceptors (Lipinski definition) is 5.